The van der Waals surface area contributed by atoms with Crippen LogP contribution in [0.1, 0.15) is 27.7 Å². The minimum Gasteiger partial charge on any atom is -0.269 e. The third-order valence-corrected chi connectivity index (χ3v) is 9.00. The topological polar surface area (TPSA) is 0 Å². The molecule has 0 unspecified atom stereocenters. The van der Waals surface area contributed by atoms with E-state index in [0.717, 1.165) is 0 Å². The van der Waals surface area contributed by atoms with Gasteiger partial charge in [-0.15, -0.1) is 0 Å². The average molecular weight is 188 g/mol. The molecule has 11 heavy (non-hydrogen) atoms. The molecule has 3 heteroatoms. The van der Waals surface area contributed by atoms with E-state index >= 15 is 0 Å². The Kier molecular flexibility index (Phi) is 13.3. The molecule has 0 spiro atoms. The summed E-state index contributed by atoms with van der Waals surface area (Å²) in [5, 5.41) is 0. The van der Waals surface area contributed by atoms with E-state index in [1.54, 1.807) is 0 Å². The van der Waals surface area contributed by atoms with Gasteiger partial charge in [0.25, 0.3) is 0 Å². The van der Waals surface area contributed by atoms with E-state index in [0.29, 0.717) is 0 Å². The van der Waals surface area contributed by atoms with Crippen LogP contribution in [0.15, 0.2) is 0 Å². The minimum atomic E-state index is -0.691. The van der Waals surface area contributed by atoms with E-state index in [1.807, 2.05) is 0 Å². The smallest absolute Gasteiger partial charge is 0.269 e. The van der Waals surface area contributed by atoms with E-state index < -0.39 is 7.26 Å². The Bertz CT molecular complexity index is 55.0. The fourth-order valence-electron chi connectivity index (χ4n) is 1.50. The minimum absolute atomic E-state index is 0. The van der Waals surface area contributed by atoms with Crippen molar-refractivity contribution in [3.8, 4) is 0 Å². The molecule has 0 aliphatic carbocycles. The van der Waals surface area contributed by atoms with Crippen LogP contribution in [-0.2, 0) is 0 Å². The van der Waals surface area contributed by atoms with Crippen LogP contribution in [0.5, 0.6) is 0 Å². The molecule has 0 aromatic carbocycles. The van der Waals surface area contributed by atoms with E-state index in [-0.39, 0.29) is 9.41 Å². The van der Waals surface area contributed by atoms with Crippen molar-refractivity contribution in [1.29, 1.82) is 0 Å². The van der Waals surface area contributed by atoms with Gasteiger partial charge < -0.3 is 0 Å². The van der Waals surface area contributed by atoms with E-state index in [4.69, 9.17) is 0 Å². The predicted octanol–water partition coefficient (Wildman–Crippen LogP) is 3.12. The zero-order chi connectivity index (χ0) is 7.33. The van der Waals surface area contributed by atoms with Crippen molar-refractivity contribution in [2.45, 2.75) is 27.7 Å². The van der Waals surface area contributed by atoms with Gasteiger partial charge >= 0.3 is 59.6 Å². The summed E-state index contributed by atoms with van der Waals surface area (Å²) >= 11 is 0. The van der Waals surface area contributed by atoms with Crippen molar-refractivity contribution in [1.82, 2.24) is 0 Å². The molecule has 0 saturated carbocycles. The van der Waals surface area contributed by atoms with Crippen LogP contribution in [0.2, 0.25) is 0 Å². The molecule has 0 heterocycles. The second-order valence-electron chi connectivity index (χ2n) is 2.91. The first-order valence-electron chi connectivity index (χ1n) is 4.24. The van der Waals surface area contributed by atoms with Crippen molar-refractivity contribution >= 4 is 7.26 Å². The van der Waals surface area contributed by atoms with Gasteiger partial charge in [-0.3, -0.25) is 9.41 Å². The molecule has 0 aromatic rings. The van der Waals surface area contributed by atoms with Gasteiger partial charge in [-0.2, -0.15) is 0 Å². The van der Waals surface area contributed by atoms with Crippen LogP contribution in [0, 0.1) is 0 Å². The molecule has 0 bridgehead atoms. The van der Waals surface area contributed by atoms with Crippen molar-refractivity contribution in [3.63, 3.8) is 0 Å². The van der Waals surface area contributed by atoms with Crippen molar-refractivity contribution in [3.05, 3.63) is 0 Å². The van der Waals surface area contributed by atoms with Gasteiger partial charge in [-0.25, -0.2) is 0 Å². The Morgan fingerprint density at radius 2 is 0.818 bits per heavy atom. The monoisotopic (exact) mass is 188 g/mol. The Morgan fingerprint density at radius 3 is 0.818 bits per heavy atom. The van der Waals surface area contributed by atoms with Gasteiger partial charge in [0, 0.05) is 0 Å². The Hall–Kier alpha value is 0.290. The molecular weight excluding hydrogens is 165 g/mol. The van der Waals surface area contributed by atoms with E-state index in [9.17, 15) is 0 Å². The SMILES string of the molecule is CC[PH](CC)(CC)CC.F.F. The van der Waals surface area contributed by atoms with E-state index in [1.165, 1.54) is 24.6 Å². The molecule has 0 atom stereocenters. The van der Waals surface area contributed by atoms with Gasteiger partial charge in [0.1, 0.15) is 0 Å². The maximum atomic E-state index is 2.36. The maximum Gasteiger partial charge on any atom is -0.269 e. The number of hydrogen-bond acceptors (Lipinski definition) is 0. The van der Waals surface area contributed by atoms with Crippen LogP contribution >= 0.6 is 7.26 Å². The first-order chi connectivity index (χ1) is 4.24. The molecule has 0 radical (unpaired) electrons. The third-order valence-electron chi connectivity index (χ3n) is 3.00. The van der Waals surface area contributed by atoms with Crippen molar-refractivity contribution in [2.75, 3.05) is 24.6 Å². The normalized spacial score (nSPS) is 11.3. The molecule has 0 amide bonds. The number of rotatable bonds is 4. The summed E-state index contributed by atoms with van der Waals surface area (Å²) in [6.45, 7) is 9.46. The fraction of sp³-hybridized carbons (Fsp3) is 1.00. The Balaban J connectivity index is -0.000000320. The standard InChI is InChI=1S/C8H21P.2FH/c1-5-9(6-2,7-3)8-4;;/h9H,5-8H2,1-4H3;2*1H. The van der Waals surface area contributed by atoms with Crippen LogP contribution < -0.4 is 0 Å². The van der Waals surface area contributed by atoms with Crippen LogP contribution in [0.4, 0.5) is 9.41 Å². The second kappa shape index (κ2) is 8.39. The first kappa shape index (κ1) is 17.4. The fourth-order valence-corrected chi connectivity index (χ4v) is 4.50. The number of hydrogen-bond donors (Lipinski definition) is 0. The number of halogens is 2. The van der Waals surface area contributed by atoms with Crippen LogP contribution in [0.25, 0.3) is 0 Å². The average Bonchev–Trinajstić information content (AvgIpc) is 1.95. The van der Waals surface area contributed by atoms with Gasteiger partial charge in [0.2, 0.25) is 0 Å². The zero-order valence-corrected chi connectivity index (χ0v) is 9.14. The Morgan fingerprint density at radius 1 is 0.636 bits per heavy atom. The first-order valence-corrected chi connectivity index (χ1v) is 7.07. The molecule has 74 valence electrons. The predicted molar refractivity (Wildman–Crippen MR) is 55.5 cm³/mol. The molecule has 0 aliphatic heterocycles. The van der Waals surface area contributed by atoms with Gasteiger partial charge in [-0.1, -0.05) is 0 Å². The maximum absolute atomic E-state index is 2.36. The summed E-state index contributed by atoms with van der Waals surface area (Å²) in [5.41, 5.74) is 0. The Labute approximate surface area is 69.8 Å². The van der Waals surface area contributed by atoms with Crippen molar-refractivity contribution in [2.24, 2.45) is 0 Å². The molecular formula is C8H23F2P. The summed E-state index contributed by atoms with van der Waals surface area (Å²) in [5.74, 6) is 0. The largest absolute Gasteiger partial charge is 0.269 e. The van der Waals surface area contributed by atoms with Crippen LogP contribution in [-0.4, -0.2) is 24.6 Å². The molecule has 0 saturated heterocycles. The molecule has 0 N–H and O–H groups in total. The molecule has 0 rings (SSSR count). The molecule has 0 aromatic heterocycles. The summed E-state index contributed by atoms with van der Waals surface area (Å²) in [4.78, 5) is 0. The molecule has 0 nitrogen and oxygen atoms in total. The third kappa shape index (κ3) is 4.68. The summed E-state index contributed by atoms with van der Waals surface area (Å²) in [7, 11) is -0.691. The molecule has 0 fully saturated rings. The molecule has 0 aliphatic rings. The van der Waals surface area contributed by atoms with Crippen molar-refractivity contribution < 1.29 is 9.41 Å². The second-order valence-corrected chi connectivity index (χ2v) is 8.74. The zero-order valence-electron chi connectivity index (χ0n) is 8.14. The van der Waals surface area contributed by atoms with Gasteiger partial charge in [0.05, 0.1) is 0 Å². The van der Waals surface area contributed by atoms with Crippen LogP contribution in [0.3, 0.4) is 0 Å². The summed E-state index contributed by atoms with van der Waals surface area (Å²) in [6, 6.07) is 0. The van der Waals surface area contributed by atoms with Gasteiger partial charge in [0.15, 0.2) is 0 Å². The quantitative estimate of drug-likeness (QED) is 0.595. The summed E-state index contributed by atoms with van der Waals surface area (Å²) < 4.78 is 0. The summed E-state index contributed by atoms with van der Waals surface area (Å²) in [6.07, 6.45) is 5.93. The van der Waals surface area contributed by atoms with E-state index in [2.05, 4.69) is 27.7 Å². The van der Waals surface area contributed by atoms with Gasteiger partial charge in [-0.05, 0) is 0 Å².